The molecule has 3 saturated heterocycles. The van der Waals surface area contributed by atoms with Crippen molar-refractivity contribution < 1.29 is 24.2 Å². The summed E-state index contributed by atoms with van der Waals surface area (Å²) in [5.41, 5.74) is 0.201. The van der Waals surface area contributed by atoms with Crippen LogP contribution in [0.5, 0.6) is 5.75 Å². The van der Waals surface area contributed by atoms with Crippen LogP contribution in [-0.2, 0) is 14.4 Å². The molecule has 1 aromatic rings. The standard InChI is InChI=1S/C33H47N3O5S/c1-9-18-34(22-12-14-23(15-13-22)41-11-3)29(38)26-25-16-17-33(42-25)27(26)30(39)36(24(20-37)21(4)5)28(33)31(40)35(19-10-2)32(6,7)8/h9-10,12-15,21,24-28,37H,1-2,11,16-20H2,3-8H3/t24-,25-,26+,27-,28?,33?/m0/s1. The lowest BCUT2D eigenvalue weighted by molar-refractivity contribution is -0.149. The Kier molecular flexibility index (Phi) is 9.53. The summed E-state index contributed by atoms with van der Waals surface area (Å²) in [6.07, 6.45) is 4.82. The third-order valence-electron chi connectivity index (χ3n) is 9.00. The summed E-state index contributed by atoms with van der Waals surface area (Å²) in [5, 5.41) is 10.4. The summed E-state index contributed by atoms with van der Waals surface area (Å²) in [4.78, 5) is 48.8. The summed E-state index contributed by atoms with van der Waals surface area (Å²) in [7, 11) is 0. The van der Waals surface area contributed by atoms with Gasteiger partial charge in [0.1, 0.15) is 11.8 Å². The van der Waals surface area contributed by atoms with Crippen molar-refractivity contribution in [1.82, 2.24) is 9.80 Å². The smallest absolute Gasteiger partial charge is 0.247 e. The lowest BCUT2D eigenvalue weighted by Crippen LogP contribution is -2.61. The van der Waals surface area contributed by atoms with E-state index in [0.717, 1.165) is 12.2 Å². The van der Waals surface area contributed by atoms with Crippen molar-refractivity contribution >= 4 is 35.2 Å². The first-order valence-corrected chi connectivity index (χ1v) is 15.9. The number of anilines is 1. The zero-order valence-electron chi connectivity index (χ0n) is 25.9. The normalized spacial score (nSPS) is 27.1. The van der Waals surface area contributed by atoms with E-state index in [1.165, 1.54) is 0 Å². The summed E-state index contributed by atoms with van der Waals surface area (Å²) >= 11 is 1.64. The van der Waals surface area contributed by atoms with Crippen LogP contribution in [0.25, 0.3) is 0 Å². The first kappa shape index (κ1) is 32.1. The van der Waals surface area contributed by atoms with Crippen LogP contribution in [0, 0.1) is 17.8 Å². The molecule has 3 aliphatic heterocycles. The van der Waals surface area contributed by atoms with Gasteiger partial charge in [0, 0.05) is 29.6 Å². The number of likely N-dealkylation sites (tertiary alicyclic amines) is 1. The number of amides is 3. The third-order valence-corrected chi connectivity index (χ3v) is 10.9. The SMILES string of the molecule is C=CCN(C(=O)[C@@H]1[C@@H]2CCC3(S2)C(C(=O)N(CC=C)C(C)(C)C)N([C@@H](CO)C(C)C)C(=O)[C@H]13)c1ccc(OCC)cc1. The van der Waals surface area contributed by atoms with Gasteiger partial charge in [-0.05, 0) is 70.7 Å². The average Bonchev–Trinajstić information content (AvgIpc) is 3.58. The van der Waals surface area contributed by atoms with Crippen molar-refractivity contribution in [1.29, 1.82) is 0 Å². The van der Waals surface area contributed by atoms with Gasteiger partial charge in [-0.1, -0.05) is 26.0 Å². The minimum Gasteiger partial charge on any atom is -0.494 e. The first-order valence-electron chi connectivity index (χ1n) is 15.1. The summed E-state index contributed by atoms with van der Waals surface area (Å²) < 4.78 is 4.84. The topological polar surface area (TPSA) is 90.4 Å². The molecule has 0 saturated carbocycles. The number of rotatable bonds is 12. The fraction of sp³-hybridized carbons (Fsp3) is 0.606. The lowest BCUT2D eigenvalue weighted by Gasteiger charge is -2.44. The Balaban J connectivity index is 1.79. The second kappa shape index (κ2) is 12.4. The molecule has 3 amide bonds. The van der Waals surface area contributed by atoms with Crippen molar-refractivity contribution in [2.24, 2.45) is 17.8 Å². The number of ether oxygens (including phenoxy) is 1. The molecule has 3 heterocycles. The quantitative estimate of drug-likeness (QED) is 0.356. The Bertz CT molecular complexity index is 1200. The van der Waals surface area contributed by atoms with Crippen LogP contribution in [0.2, 0.25) is 0 Å². The Labute approximate surface area is 255 Å². The molecule has 2 unspecified atom stereocenters. The zero-order chi connectivity index (χ0) is 31.0. The third kappa shape index (κ3) is 5.39. The predicted molar refractivity (Wildman–Crippen MR) is 168 cm³/mol. The minimum absolute atomic E-state index is 0.0759. The van der Waals surface area contributed by atoms with Crippen molar-refractivity contribution in [2.75, 3.05) is 31.2 Å². The molecule has 1 N–H and O–H groups in total. The molecule has 2 bridgehead atoms. The van der Waals surface area contributed by atoms with Gasteiger partial charge in [0.05, 0.1) is 35.8 Å². The number of nitrogens with zero attached hydrogens (tertiary/aromatic N) is 3. The number of fused-ring (bicyclic) bond motifs is 1. The van der Waals surface area contributed by atoms with Gasteiger partial charge in [-0.3, -0.25) is 14.4 Å². The van der Waals surface area contributed by atoms with Gasteiger partial charge in [0.25, 0.3) is 0 Å². The van der Waals surface area contributed by atoms with Crippen LogP contribution >= 0.6 is 11.8 Å². The molecule has 0 radical (unpaired) electrons. The van der Waals surface area contributed by atoms with E-state index in [1.807, 2.05) is 65.8 Å². The van der Waals surface area contributed by atoms with Crippen LogP contribution in [-0.4, -0.2) is 86.6 Å². The van der Waals surface area contributed by atoms with Gasteiger partial charge in [-0.25, -0.2) is 0 Å². The molecule has 3 fully saturated rings. The number of benzene rings is 1. The molecule has 1 aromatic carbocycles. The average molecular weight is 598 g/mol. The fourth-order valence-electron chi connectivity index (χ4n) is 7.12. The zero-order valence-corrected chi connectivity index (χ0v) is 26.7. The van der Waals surface area contributed by atoms with Gasteiger partial charge < -0.3 is 24.5 Å². The molecular weight excluding hydrogens is 550 g/mol. The Morgan fingerprint density at radius 3 is 2.33 bits per heavy atom. The highest BCUT2D eigenvalue weighted by Gasteiger charge is 2.75. The number of carbonyl (C=O) groups is 3. The van der Waals surface area contributed by atoms with Gasteiger partial charge in [0.2, 0.25) is 17.7 Å². The molecule has 0 aromatic heterocycles. The monoisotopic (exact) mass is 597 g/mol. The first-order chi connectivity index (χ1) is 19.9. The molecule has 3 aliphatic rings. The predicted octanol–water partition coefficient (Wildman–Crippen LogP) is 4.53. The molecular formula is C33H47N3O5S. The maximum absolute atomic E-state index is 14.6. The van der Waals surface area contributed by atoms with Crippen molar-refractivity contribution in [3.63, 3.8) is 0 Å². The number of aliphatic hydroxyl groups excluding tert-OH is 1. The fourth-order valence-corrected chi connectivity index (χ4v) is 9.31. The molecule has 230 valence electrons. The van der Waals surface area contributed by atoms with E-state index >= 15 is 0 Å². The van der Waals surface area contributed by atoms with E-state index in [4.69, 9.17) is 4.74 Å². The number of thioether (sulfide) groups is 1. The molecule has 1 spiro atoms. The summed E-state index contributed by atoms with van der Waals surface area (Å²) in [5.74, 6) is -1.08. The lowest BCUT2D eigenvalue weighted by atomic mass is 9.70. The van der Waals surface area contributed by atoms with E-state index in [9.17, 15) is 19.5 Å². The van der Waals surface area contributed by atoms with Crippen molar-refractivity contribution in [3.8, 4) is 5.75 Å². The van der Waals surface area contributed by atoms with Crippen LogP contribution in [0.15, 0.2) is 49.6 Å². The van der Waals surface area contributed by atoms with Gasteiger partial charge in [-0.15, -0.1) is 24.9 Å². The second-order valence-electron chi connectivity index (χ2n) is 12.9. The second-order valence-corrected chi connectivity index (χ2v) is 14.5. The van der Waals surface area contributed by atoms with Crippen LogP contribution in [0.3, 0.4) is 0 Å². The number of hydrogen-bond acceptors (Lipinski definition) is 6. The highest BCUT2D eigenvalue weighted by atomic mass is 32.2. The molecule has 42 heavy (non-hydrogen) atoms. The van der Waals surface area contributed by atoms with E-state index < -0.39 is 34.2 Å². The summed E-state index contributed by atoms with van der Waals surface area (Å²) in [6.45, 7) is 20.5. The van der Waals surface area contributed by atoms with Gasteiger partial charge in [0.15, 0.2) is 0 Å². The Morgan fingerprint density at radius 1 is 1.17 bits per heavy atom. The van der Waals surface area contributed by atoms with E-state index in [2.05, 4.69) is 13.2 Å². The molecule has 6 atom stereocenters. The highest BCUT2D eigenvalue weighted by molar-refractivity contribution is 8.02. The van der Waals surface area contributed by atoms with E-state index in [1.54, 1.807) is 38.6 Å². The van der Waals surface area contributed by atoms with E-state index in [0.29, 0.717) is 31.8 Å². The van der Waals surface area contributed by atoms with Crippen molar-refractivity contribution in [2.45, 2.75) is 82.0 Å². The Hall–Kier alpha value is -2.78. The minimum atomic E-state index is -0.778. The molecule has 9 heteroatoms. The number of carbonyl (C=O) groups excluding carboxylic acids is 3. The maximum atomic E-state index is 14.6. The van der Waals surface area contributed by atoms with Crippen LogP contribution in [0.1, 0.15) is 54.4 Å². The van der Waals surface area contributed by atoms with Crippen LogP contribution in [0.4, 0.5) is 5.69 Å². The highest BCUT2D eigenvalue weighted by Crippen LogP contribution is 2.67. The number of aliphatic hydroxyl groups is 1. The summed E-state index contributed by atoms with van der Waals surface area (Å²) in [6, 6.07) is 6.07. The van der Waals surface area contributed by atoms with Crippen molar-refractivity contribution in [3.05, 3.63) is 49.6 Å². The van der Waals surface area contributed by atoms with Gasteiger partial charge in [-0.2, -0.15) is 0 Å². The maximum Gasteiger partial charge on any atom is 0.247 e. The van der Waals surface area contributed by atoms with Gasteiger partial charge >= 0.3 is 0 Å². The Morgan fingerprint density at radius 2 is 1.81 bits per heavy atom. The largest absolute Gasteiger partial charge is 0.494 e. The van der Waals surface area contributed by atoms with Crippen LogP contribution < -0.4 is 9.64 Å². The molecule has 0 aliphatic carbocycles. The number of hydrogen-bond donors (Lipinski definition) is 1. The molecule has 8 nitrogen and oxygen atoms in total. The van der Waals surface area contributed by atoms with E-state index in [-0.39, 0.29) is 35.5 Å². The molecule has 4 rings (SSSR count).